The van der Waals surface area contributed by atoms with Crippen molar-refractivity contribution >= 4 is 8.32 Å². The third kappa shape index (κ3) is 6.58. The molecule has 0 saturated heterocycles. The first kappa shape index (κ1) is 29.7. The van der Waals surface area contributed by atoms with E-state index in [1.807, 2.05) is 0 Å². The minimum Gasteiger partial charge on any atom is -0.414 e. The van der Waals surface area contributed by atoms with Crippen molar-refractivity contribution in [1.29, 1.82) is 0 Å². The van der Waals surface area contributed by atoms with Crippen molar-refractivity contribution < 1.29 is 4.43 Å². The zero-order valence-electron chi connectivity index (χ0n) is 25.5. The molecule has 3 aliphatic rings. The summed E-state index contributed by atoms with van der Waals surface area (Å²) in [6, 6.07) is 0. The largest absolute Gasteiger partial charge is 0.414 e. The normalized spacial score (nSPS) is 34.1. The lowest BCUT2D eigenvalue weighted by molar-refractivity contribution is 0.112. The summed E-state index contributed by atoms with van der Waals surface area (Å²) < 4.78 is 6.82. The highest BCUT2D eigenvalue weighted by molar-refractivity contribution is 6.74. The van der Waals surface area contributed by atoms with Gasteiger partial charge >= 0.3 is 0 Å². The van der Waals surface area contributed by atoms with Crippen molar-refractivity contribution in [2.75, 3.05) is 0 Å². The Bertz CT molecular complexity index is 866. The molecule has 0 unspecified atom stereocenters. The first-order chi connectivity index (χ1) is 16.7. The maximum absolute atomic E-state index is 6.82. The number of hydrogen-bond donors (Lipinski definition) is 0. The molecule has 3 saturated carbocycles. The zero-order chi connectivity index (χ0) is 26.9. The topological polar surface area (TPSA) is 9.23 Å². The predicted molar refractivity (Wildman–Crippen MR) is 162 cm³/mol. The standard InChI is InChI=1S/C34H58OSi/c1-24(2)25(3)14-15-27(5)31-20-21-32-28(13-12-22-34(31,32)9)17-18-29-23-30(19-16-26(29)4)35-36(10,11)33(6,7)8/h14-15,17-18,24-25,27,30-32H,4,12-13,16,19-23H2,1-3,5-11H3/t25-,27+,30-,31+,32-,34+/m0/s1. The van der Waals surface area contributed by atoms with Crippen molar-refractivity contribution in [3.63, 3.8) is 0 Å². The molecule has 0 amide bonds. The van der Waals surface area contributed by atoms with E-state index in [-0.39, 0.29) is 5.04 Å². The van der Waals surface area contributed by atoms with Crippen LogP contribution in [-0.4, -0.2) is 14.4 Å². The fourth-order valence-electron chi connectivity index (χ4n) is 6.93. The fraction of sp³-hybridized carbons (Fsp3) is 0.765. The minimum atomic E-state index is -1.74. The highest BCUT2D eigenvalue weighted by Gasteiger charge is 2.50. The Labute approximate surface area is 226 Å². The van der Waals surface area contributed by atoms with Gasteiger partial charge in [0.25, 0.3) is 0 Å². The Morgan fingerprint density at radius 1 is 1.00 bits per heavy atom. The minimum absolute atomic E-state index is 0.262. The molecule has 0 radical (unpaired) electrons. The van der Waals surface area contributed by atoms with Crippen molar-refractivity contribution in [1.82, 2.24) is 0 Å². The van der Waals surface area contributed by atoms with Gasteiger partial charge in [0.1, 0.15) is 0 Å². The first-order valence-electron chi connectivity index (χ1n) is 15.1. The average molecular weight is 511 g/mol. The van der Waals surface area contributed by atoms with Crippen LogP contribution in [0, 0.1) is 35.0 Å². The number of allylic oxidation sites excluding steroid dienone is 6. The van der Waals surface area contributed by atoms with Crippen LogP contribution in [0.4, 0.5) is 0 Å². The Morgan fingerprint density at radius 2 is 1.69 bits per heavy atom. The van der Waals surface area contributed by atoms with E-state index < -0.39 is 8.32 Å². The summed E-state index contributed by atoms with van der Waals surface area (Å²) >= 11 is 0. The van der Waals surface area contributed by atoms with Crippen molar-refractivity contribution in [3.8, 4) is 0 Å². The molecular weight excluding hydrogens is 452 g/mol. The second-order valence-corrected chi connectivity index (χ2v) is 19.5. The van der Waals surface area contributed by atoms with E-state index in [0.29, 0.717) is 23.4 Å². The summed E-state index contributed by atoms with van der Waals surface area (Å²) in [6.45, 7) is 28.4. The summed E-state index contributed by atoms with van der Waals surface area (Å²) in [5.41, 5.74) is 4.94. The lowest BCUT2D eigenvalue weighted by Gasteiger charge is -2.44. The Kier molecular flexibility index (Phi) is 9.47. The summed E-state index contributed by atoms with van der Waals surface area (Å²) in [5, 5.41) is 0.262. The lowest BCUT2D eigenvalue weighted by Crippen LogP contribution is -2.44. The molecule has 0 heterocycles. The first-order valence-corrected chi connectivity index (χ1v) is 18.0. The van der Waals surface area contributed by atoms with E-state index in [2.05, 4.69) is 99.4 Å². The highest BCUT2D eigenvalue weighted by atomic mass is 28.4. The van der Waals surface area contributed by atoms with Gasteiger partial charge in [-0.25, -0.2) is 0 Å². The summed E-state index contributed by atoms with van der Waals surface area (Å²) in [5.74, 6) is 3.62. The molecule has 0 bridgehead atoms. The van der Waals surface area contributed by atoms with E-state index in [9.17, 15) is 0 Å². The molecule has 0 aliphatic heterocycles. The molecule has 3 fully saturated rings. The third-order valence-electron chi connectivity index (χ3n) is 10.9. The molecule has 1 nitrogen and oxygen atoms in total. The maximum atomic E-state index is 6.82. The molecule has 3 rings (SSSR count). The smallest absolute Gasteiger partial charge is 0.192 e. The van der Waals surface area contributed by atoms with Crippen molar-refractivity contribution in [2.24, 2.45) is 35.0 Å². The summed E-state index contributed by atoms with van der Waals surface area (Å²) in [6.07, 6.45) is 20.4. The van der Waals surface area contributed by atoms with Crippen LogP contribution in [0.2, 0.25) is 18.1 Å². The second kappa shape index (κ2) is 11.5. The zero-order valence-corrected chi connectivity index (χ0v) is 26.5. The van der Waals surface area contributed by atoms with Crippen LogP contribution in [0.25, 0.3) is 0 Å². The lowest BCUT2D eigenvalue weighted by atomic mass is 9.61. The van der Waals surface area contributed by atoms with E-state index in [1.54, 1.807) is 5.57 Å². The van der Waals surface area contributed by atoms with Gasteiger partial charge in [0.15, 0.2) is 8.32 Å². The SMILES string of the molecule is C=C1CC[C@H](O[Si](C)(C)C(C)(C)C)CC1=CC=C1CCC[C@]2(C)[C@@H]([C@H](C)C=C[C@H](C)C(C)C)CC[C@@H]12. The van der Waals surface area contributed by atoms with Crippen LogP contribution in [0.1, 0.15) is 107 Å². The van der Waals surface area contributed by atoms with Crippen LogP contribution < -0.4 is 0 Å². The molecule has 204 valence electrons. The van der Waals surface area contributed by atoms with E-state index in [4.69, 9.17) is 4.43 Å². The number of fused-ring (bicyclic) bond motifs is 1. The van der Waals surface area contributed by atoms with Gasteiger partial charge in [0, 0.05) is 6.10 Å². The average Bonchev–Trinajstić information content (AvgIpc) is 3.14. The molecule has 0 aromatic heterocycles. The predicted octanol–water partition coefficient (Wildman–Crippen LogP) is 10.7. The maximum Gasteiger partial charge on any atom is 0.192 e. The molecular formula is C34H58OSi. The van der Waals surface area contributed by atoms with Gasteiger partial charge in [-0.2, -0.15) is 0 Å². The van der Waals surface area contributed by atoms with Gasteiger partial charge in [-0.05, 0) is 110 Å². The van der Waals surface area contributed by atoms with Crippen LogP contribution in [0.5, 0.6) is 0 Å². The van der Waals surface area contributed by atoms with Crippen LogP contribution in [0.3, 0.4) is 0 Å². The van der Waals surface area contributed by atoms with Crippen molar-refractivity contribution in [2.45, 2.75) is 131 Å². The van der Waals surface area contributed by atoms with Gasteiger partial charge in [-0.3, -0.25) is 0 Å². The molecule has 2 heteroatoms. The van der Waals surface area contributed by atoms with Gasteiger partial charge in [-0.15, -0.1) is 0 Å². The van der Waals surface area contributed by atoms with E-state index in [1.165, 1.54) is 43.3 Å². The van der Waals surface area contributed by atoms with Gasteiger partial charge < -0.3 is 4.43 Å². The highest BCUT2D eigenvalue weighted by Crippen LogP contribution is 2.59. The van der Waals surface area contributed by atoms with Gasteiger partial charge in [0.05, 0.1) is 0 Å². The summed E-state index contributed by atoms with van der Waals surface area (Å²) in [4.78, 5) is 0. The van der Waals surface area contributed by atoms with E-state index in [0.717, 1.165) is 37.0 Å². The molecule has 6 atom stereocenters. The molecule has 3 aliphatic carbocycles. The molecule has 0 aromatic rings. The molecule has 36 heavy (non-hydrogen) atoms. The van der Waals surface area contributed by atoms with Crippen LogP contribution >= 0.6 is 0 Å². The van der Waals surface area contributed by atoms with Gasteiger partial charge in [0.2, 0.25) is 0 Å². The van der Waals surface area contributed by atoms with Gasteiger partial charge in [-0.1, -0.05) is 97.4 Å². The van der Waals surface area contributed by atoms with E-state index >= 15 is 0 Å². The summed E-state index contributed by atoms with van der Waals surface area (Å²) in [7, 11) is -1.74. The van der Waals surface area contributed by atoms with Crippen LogP contribution in [0.15, 0.2) is 47.6 Å². The monoisotopic (exact) mass is 510 g/mol. The quantitative estimate of drug-likeness (QED) is 0.244. The van der Waals surface area contributed by atoms with Crippen molar-refractivity contribution in [3.05, 3.63) is 47.6 Å². The Morgan fingerprint density at radius 3 is 2.33 bits per heavy atom. The molecule has 0 spiro atoms. The molecule has 0 aromatic carbocycles. The number of rotatable bonds is 7. The fourth-order valence-corrected chi connectivity index (χ4v) is 8.31. The Balaban J connectivity index is 1.73. The number of hydrogen-bond acceptors (Lipinski definition) is 1. The third-order valence-corrected chi connectivity index (χ3v) is 15.4. The second-order valence-electron chi connectivity index (χ2n) is 14.7. The molecule has 0 N–H and O–H groups in total. The Hall–Kier alpha value is -0.863. The van der Waals surface area contributed by atoms with Crippen LogP contribution in [-0.2, 0) is 4.43 Å².